The third-order valence-corrected chi connectivity index (χ3v) is 6.10. The van der Waals surface area contributed by atoms with Gasteiger partial charge in [-0.3, -0.25) is 5.26 Å². The van der Waals surface area contributed by atoms with Crippen LogP contribution in [0, 0.1) is 17.3 Å². The summed E-state index contributed by atoms with van der Waals surface area (Å²) in [6.07, 6.45) is 6.38. The highest BCUT2D eigenvalue weighted by atomic mass is 17.1. The minimum absolute atomic E-state index is 0.00235. The normalized spacial score (nSPS) is 21.3. The molecule has 1 aliphatic carbocycles. The molecule has 1 aromatic rings. The zero-order chi connectivity index (χ0) is 16.2. The second kappa shape index (κ2) is 7.61. The van der Waals surface area contributed by atoms with Crippen molar-refractivity contribution in [3.05, 3.63) is 35.9 Å². The average Bonchev–Trinajstić information content (AvgIpc) is 2.56. The fourth-order valence-electron chi connectivity index (χ4n) is 4.31. The van der Waals surface area contributed by atoms with Gasteiger partial charge in [-0.05, 0) is 41.6 Å². The first-order chi connectivity index (χ1) is 10.5. The molecule has 0 aromatic heterocycles. The van der Waals surface area contributed by atoms with Gasteiger partial charge in [-0.1, -0.05) is 77.3 Å². The fourth-order valence-corrected chi connectivity index (χ4v) is 4.31. The zero-order valence-electron chi connectivity index (χ0n) is 14.6. The van der Waals surface area contributed by atoms with Crippen molar-refractivity contribution < 1.29 is 10.1 Å². The van der Waals surface area contributed by atoms with E-state index in [-0.39, 0.29) is 17.4 Å². The van der Waals surface area contributed by atoms with Crippen LogP contribution >= 0.6 is 0 Å². The van der Waals surface area contributed by atoms with Crippen LogP contribution in [0.2, 0.25) is 0 Å². The molecule has 0 aliphatic heterocycles. The Labute approximate surface area is 135 Å². The van der Waals surface area contributed by atoms with Crippen LogP contribution in [-0.2, 0) is 4.89 Å². The summed E-state index contributed by atoms with van der Waals surface area (Å²) >= 11 is 0. The van der Waals surface area contributed by atoms with Gasteiger partial charge >= 0.3 is 0 Å². The van der Waals surface area contributed by atoms with Crippen molar-refractivity contribution in [2.24, 2.45) is 17.3 Å². The molecule has 0 saturated heterocycles. The quantitative estimate of drug-likeness (QED) is 0.524. The molecule has 22 heavy (non-hydrogen) atoms. The third-order valence-electron chi connectivity index (χ3n) is 6.10. The van der Waals surface area contributed by atoms with Crippen LogP contribution < -0.4 is 0 Å². The van der Waals surface area contributed by atoms with Gasteiger partial charge in [-0.25, -0.2) is 4.89 Å². The van der Waals surface area contributed by atoms with E-state index in [0.717, 1.165) is 0 Å². The lowest BCUT2D eigenvalue weighted by Crippen LogP contribution is -2.44. The molecule has 1 N–H and O–H groups in total. The van der Waals surface area contributed by atoms with Crippen molar-refractivity contribution >= 4 is 0 Å². The van der Waals surface area contributed by atoms with Gasteiger partial charge in [0.2, 0.25) is 0 Å². The fraction of sp³-hybridized carbons (Fsp3) is 0.700. The Morgan fingerprint density at radius 3 is 2.18 bits per heavy atom. The van der Waals surface area contributed by atoms with Crippen molar-refractivity contribution in [3.8, 4) is 0 Å². The molecule has 124 valence electrons. The van der Waals surface area contributed by atoms with E-state index < -0.39 is 0 Å². The first-order valence-electron chi connectivity index (χ1n) is 8.83. The van der Waals surface area contributed by atoms with Gasteiger partial charge in [0.25, 0.3) is 0 Å². The third kappa shape index (κ3) is 3.72. The Morgan fingerprint density at radius 1 is 1.05 bits per heavy atom. The largest absolute Gasteiger partial charge is 0.252 e. The monoisotopic (exact) mass is 304 g/mol. The molecule has 1 fully saturated rings. The Balaban J connectivity index is 2.15. The molecule has 0 amide bonds. The Hall–Kier alpha value is -0.860. The van der Waals surface area contributed by atoms with Crippen molar-refractivity contribution in [2.75, 3.05) is 0 Å². The summed E-state index contributed by atoms with van der Waals surface area (Å²) in [5.41, 5.74) is 1.31. The first kappa shape index (κ1) is 17.5. The molecule has 2 heteroatoms. The van der Waals surface area contributed by atoms with Crippen LogP contribution in [0.15, 0.2) is 30.3 Å². The molecule has 0 heterocycles. The summed E-state index contributed by atoms with van der Waals surface area (Å²) in [5.74, 6) is 1.27. The van der Waals surface area contributed by atoms with Crippen LogP contribution in [-0.4, -0.2) is 11.4 Å². The average molecular weight is 304 g/mol. The molecule has 2 rings (SSSR count). The summed E-state index contributed by atoms with van der Waals surface area (Å²) < 4.78 is 0. The molecule has 0 radical (unpaired) electrons. The SMILES string of the molecule is CC(c1ccccc1)C(C)C(OO)C(C)(C)C1CCCCC1. The van der Waals surface area contributed by atoms with Gasteiger partial charge in [0.15, 0.2) is 0 Å². The molecule has 2 nitrogen and oxygen atoms in total. The summed E-state index contributed by atoms with van der Waals surface area (Å²) in [7, 11) is 0. The molecular weight excluding hydrogens is 272 g/mol. The lowest BCUT2D eigenvalue weighted by Gasteiger charge is -2.44. The summed E-state index contributed by atoms with van der Waals surface area (Å²) in [5, 5.41) is 9.66. The lowest BCUT2D eigenvalue weighted by molar-refractivity contribution is -0.320. The lowest BCUT2D eigenvalue weighted by atomic mass is 9.64. The van der Waals surface area contributed by atoms with Crippen LogP contribution in [0.3, 0.4) is 0 Å². The van der Waals surface area contributed by atoms with E-state index >= 15 is 0 Å². The van der Waals surface area contributed by atoms with Crippen LogP contribution in [0.5, 0.6) is 0 Å². The zero-order valence-corrected chi connectivity index (χ0v) is 14.6. The molecule has 0 spiro atoms. The second-order valence-electron chi connectivity index (χ2n) is 7.74. The Bertz CT molecular complexity index is 434. The smallest absolute Gasteiger partial charge is 0.101 e. The number of benzene rings is 1. The number of rotatable bonds is 6. The van der Waals surface area contributed by atoms with E-state index in [9.17, 15) is 5.26 Å². The first-order valence-corrected chi connectivity index (χ1v) is 8.83. The summed E-state index contributed by atoms with van der Waals surface area (Å²) in [4.78, 5) is 5.07. The predicted octanol–water partition coefficient (Wildman–Crippen LogP) is 5.89. The van der Waals surface area contributed by atoms with E-state index in [2.05, 4.69) is 52.0 Å². The predicted molar refractivity (Wildman–Crippen MR) is 91.9 cm³/mol. The molecule has 3 unspecified atom stereocenters. The number of hydrogen-bond acceptors (Lipinski definition) is 2. The molecular formula is C20H32O2. The van der Waals surface area contributed by atoms with Crippen molar-refractivity contribution in [1.82, 2.24) is 0 Å². The second-order valence-corrected chi connectivity index (χ2v) is 7.74. The highest BCUT2D eigenvalue weighted by molar-refractivity contribution is 5.20. The molecule has 1 aliphatic rings. The topological polar surface area (TPSA) is 29.5 Å². The van der Waals surface area contributed by atoms with E-state index in [0.29, 0.717) is 11.8 Å². The van der Waals surface area contributed by atoms with E-state index in [1.807, 2.05) is 6.07 Å². The summed E-state index contributed by atoms with van der Waals surface area (Å²) in [6, 6.07) is 10.6. The van der Waals surface area contributed by atoms with Crippen LogP contribution in [0.1, 0.15) is 71.3 Å². The van der Waals surface area contributed by atoms with Crippen molar-refractivity contribution in [3.63, 3.8) is 0 Å². The highest BCUT2D eigenvalue weighted by Gasteiger charge is 2.43. The molecule has 0 bridgehead atoms. The minimum atomic E-state index is -0.134. The molecule has 1 aromatic carbocycles. The maximum absolute atomic E-state index is 9.66. The highest BCUT2D eigenvalue weighted by Crippen LogP contribution is 2.46. The summed E-state index contributed by atoms with van der Waals surface area (Å²) in [6.45, 7) is 9.00. The van der Waals surface area contributed by atoms with Crippen LogP contribution in [0.25, 0.3) is 0 Å². The minimum Gasteiger partial charge on any atom is -0.252 e. The van der Waals surface area contributed by atoms with Gasteiger partial charge in [-0.15, -0.1) is 0 Å². The maximum atomic E-state index is 9.66. The maximum Gasteiger partial charge on any atom is 0.101 e. The Morgan fingerprint density at radius 2 is 1.64 bits per heavy atom. The van der Waals surface area contributed by atoms with Crippen molar-refractivity contribution in [1.29, 1.82) is 0 Å². The molecule has 3 atom stereocenters. The molecule has 1 saturated carbocycles. The van der Waals surface area contributed by atoms with Gasteiger partial charge in [-0.2, -0.15) is 0 Å². The van der Waals surface area contributed by atoms with Gasteiger partial charge in [0, 0.05) is 0 Å². The van der Waals surface area contributed by atoms with E-state index in [1.54, 1.807) is 0 Å². The Kier molecular flexibility index (Phi) is 6.05. The van der Waals surface area contributed by atoms with E-state index in [1.165, 1.54) is 37.7 Å². The van der Waals surface area contributed by atoms with Crippen LogP contribution in [0.4, 0.5) is 0 Å². The van der Waals surface area contributed by atoms with E-state index in [4.69, 9.17) is 4.89 Å². The van der Waals surface area contributed by atoms with Gasteiger partial charge in [0.05, 0.1) is 0 Å². The standard InChI is InChI=1S/C20H32O2/c1-15(17-11-7-5-8-12-17)16(2)19(22-21)20(3,4)18-13-9-6-10-14-18/h5,7-8,11-12,15-16,18-19,21H,6,9-10,13-14H2,1-4H3. The number of hydrogen-bond donors (Lipinski definition) is 1. The van der Waals surface area contributed by atoms with Crippen molar-refractivity contribution in [2.45, 2.75) is 71.8 Å². The van der Waals surface area contributed by atoms with Gasteiger partial charge < -0.3 is 0 Å². The van der Waals surface area contributed by atoms with Gasteiger partial charge in [0.1, 0.15) is 6.10 Å².